The number of amides is 1. The number of carboxylic acid groups (broad SMARTS) is 1. The third-order valence-corrected chi connectivity index (χ3v) is 8.96. The molecule has 0 aliphatic heterocycles. The van der Waals surface area contributed by atoms with Crippen molar-refractivity contribution in [3.63, 3.8) is 0 Å². The van der Waals surface area contributed by atoms with Crippen LogP contribution in [0.15, 0.2) is 36.4 Å². The van der Waals surface area contributed by atoms with Gasteiger partial charge in [-0.1, -0.05) is 24.3 Å². The van der Waals surface area contributed by atoms with Gasteiger partial charge in [0, 0.05) is 14.3 Å². The Kier molecular flexibility index (Phi) is 6.03. The molecule has 1 saturated carbocycles. The minimum Gasteiger partial charge on any atom is -0.481 e. The fraction of sp³-hybridized carbons (Fsp3) is 0.200. The fourth-order valence-electron chi connectivity index (χ4n) is 3.56. The zero-order valence-electron chi connectivity index (χ0n) is 18.4. The van der Waals surface area contributed by atoms with Gasteiger partial charge in [-0.3, -0.25) is 10.1 Å². The molecule has 1 aromatic carbocycles. The zero-order valence-corrected chi connectivity index (χ0v) is 20.8. The predicted octanol–water partition coefficient (Wildman–Crippen LogP) is 5.86. The van der Waals surface area contributed by atoms with E-state index in [0.29, 0.717) is 17.7 Å². The summed E-state index contributed by atoms with van der Waals surface area (Å²) < 4.78 is 11.4. The van der Waals surface area contributed by atoms with E-state index < -0.39 is 17.5 Å². The number of nitrogens with one attached hydrogen (secondary N) is 1. The molecule has 1 fully saturated rings. The lowest BCUT2D eigenvalue weighted by Gasteiger charge is -2.08. The maximum atomic E-state index is 12.4. The second kappa shape index (κ2) is 9.16. The predicted molar refractivity (Wildman–Crippen MR) is 136 cm³/mol. The summed E-state index contributed by atoms with van der Waals surface area (Å²) in [7, 11) is 0. The van der Waals surface area contributed by atoms with Crippen molar-refractivity contribution in [1.82, 2.24) is 4.37 Å². The van der Waals surface area contributed by atoms with Gasteiger partial charge in [0.2, 0.25) is 0 Å². The quantitative estimate of drug-likeness (QED) is 0.319. The lowest BCUT2D eigenvalue weighted by atomic mass is 10.1. The molecule has 0 spiro atoms. The fourth-order valence-corrected chi connectivity index (χ4v) is 6.70. The molecule has 174 valence electrons. The van der Waals surface area contributed by atoms with Crippen LogP contribution in [0.5, 0.6) is 0 Å². The molecule has 5 rings (SSSR count). The number of aliphatic carboxylic acids is 1. The maximum absolute atomic E-state index is 12.4. The van der Waals surface area contributed by atoms with Crippen molar-refractivity contribution in [1.29, 1.82) is 5.26 Å². The average molecular weight is 520 g/mol. The van der Waals surface area contributed by atoms with Crippen molar-refractivity contribution in [3.05, 3.63) is 67.9 Å². The van der Waals surface area contributed by atoms with Gasteiger partial charge >= 0.3 is 12.1 Å². The summed E-state index contributed by atoms with van der Waals surface area (Å²) in [6.45, 7) is 2.04. The Morgan fingerprint density at radius 2 is 1.97 bits per heavy atom. The number of benzene rings is 1. The monoisotopic (exact) mass is 519 g/mol. The number of hydrogen-bond donors (Lipinski definition) is 2. The van der Waals surface area contributed by atoms with Crippen LogP contribution in [0.1, 0.15) is 44.3 Å². The van der Waals surface area contributed by atoms with E-state index in [9.17, 15) is 20.0 Å². The van der Waals surface area contributed by atoms with E-state index in [2.05, 4.69) is 21.5 Å². The molecule has 1 amide bonds. The summed E-state index contributed by atoms with van der Waals surface area (Å²) in [5.41, 5.74) is 1.51. The van der Waals surface area contributed by atoms with Gasteiger partial charge in [0.15, 0.2) is 5.69 Å². The summed E-state index contributed by atoms with van der Waals surface area (Å²) in [4.78, 5) is 26.1. The van der Waals surface area contributed by atoms with Gasteiger partial charge in [0.1, 0.15) is 28.7 Å². The van der Waals surface area contributed by atoms with Crippen molar-refractivity contribution in [2.45, 2.75) is 31.8 Å². The van der Waals surface area contributed by atoms with Crippen LogP contribution in [0, 0.1) is 30.1 Å². The first-order valence-corrected chi connectivity index (χ1v) is 13.0. The number of anilines is 1. The standard InChI is InChI=1S/C25H17N3O4S3/c1-14-4-2-3-5-15(14)13-32-24(31)27-22-17(12-26)28-35-18(22)7-6-16-10-19-20(33-16)11-21(34-19)25(8-9-25)23(29)30/h2-5,10-11H,8-9,13H2,1H3,(H,27,31)(H,29,30). The highest BCUT2D eigenvalue weighted by atomic mass is 32.1. The van der Waals surface area contributed by atoms with Crippen LogP contribution in [0.4, 0.5) is 10.5 Å². The summed E-state index contributed by atoms with van der Waals surface area (Å²) in [6.07, 6.45) is 0.668. The molecule has 0 saturated heterocycles. The number of thiophene rings is 2. The SMILES string of the molecule is Cc1ccccc1COC(=O)Nc1c(C#N)nsc1C#Cc1cc2sc(C3(C(=O)O)CC3)cc2s1. The molecule has 3 aromatic heterocycles. The Hall–Kier alpha value is -3.70. The van der Waals surface area contributed by atoms with Crippen LogP contribution in [0.25, 0.3) is 9.40 Å². The van der Waals surface area contributed by atoms with E-state index in [1.807, 2.05) is 49.4 Å². The first kappa shape index (κ1) is 23.1. The van der Waals surface area contributed by atoms with Crippen molar-refractivity contribution in [3.8, 4) is 17.9 Å². The highest BCUT2D eigenvalue weighted by Gasteiger charge is 2.53. The Morgan fingerprint density at radius 3 is 2.66 bits per heavy atom. The number of carbonyl (C=O) groups is 2. The van der Waals surface area contributed by atoms with E-state index in [4.69, 9.17) is 4.74 Å². The zero-order chi connectivity index (χ0) is 24.6. The molecule has 0 atom stereocenters. The molecule has 4 aromatic rings. The molecule has 0 radical (unpaired) electrons. The summed E-state index contributed by atoms with van der Waals surface area (Å²) in [5, 5.41) is 21.5. The second-order valence-corrected chi connectivity index (χ2v) is 11.0. The van der Waals surface area contributed by atoms with Gasteiger partial charge in [-0.2, -0.15) is 9.64 Å². The molecule has 0 unspecified atom stereocenters. The number of fused-ring (bicyclic) bond motifs is 1. The van der Waals surface area contributed by atoms with Crippen LogP contribution in [0.3, 0.4) is 0 Å². The van der Waals surface area contributed by atoms with E-state index in [0.717, 1.165) is 41.8 Å². The minimum absolute atomic E-state index is 0.0762. The topological polar surface area (TPSA) is 112 Å². The van der Waals surface area contributed by atoms with Gasteiger partial charge in [-0.05, 0) is 66.4 Å². The van der Waals surface area contributed by atoms with E-state index in [-0.39, 0.29) is 18.0 Å². The number of carboxylic acids is 1. The normalized spacial score (nSPS) is 13.5. The van der Waals surface area contributed by atoms with Gasteiger partial charge in [-0.15, -0.1) is 22.7 Å². The molecular weight excluding hydrogens is 502 g/mol. The average Bonchev–Trinajstić information content (AvgIpc) is 3.23. The van der Waals surface area contributed by atoms with Crippen LogP contribution < -0.4 is 5.32 Å². The number of nitrogens with zero attached hydrogens (tertiary/aromatic N) is 2. The Labute approximate surface area is 212 Å². The van der Waals surface area contributed by atoms with Gasteiger partial charge in [0.25, 0.3) is 0 Å². The summed E-state index contributed by atoms with van der Waals surface area (Å²) >= 11 is 4.01. The molecule has 2 N–H and O–H groups in total. The molecule has 10 heteroatoms. The molecule has 7 nitrogen and oxygen atoms in total. The Morgan fingerprint density at radius 1 is 1.20 bits per heavy atom. The number of rotatable bonds is 5. The number of aromatic nitrogens is 1. The van der Waals surface area contributed by atoms with Crippen molar-refractivity contribution >= 4 is 61.4 Å². The Bertz CT molecular complexity index is 1540. The molecule has 1 aliphatic carbocycles. The van der Waals surface area contributed by atoms with Crippen molar-refractivity contribution in [2.75, 3.05) is 5.32 Å². The second-order valence-electron chi connectivity index (χ2n) is 8.06. The minimum atomic E-state index is -0.762. The van der Waals surface area contributed by atoms with E-state index in [1.165, 1.54) is 22.7 Å². The first-order valence-electron chi connectivity index (χ1n) is 10.6. The molecule has 0 bridgehead atoms. The van der Waals surface area contributed by atoms with Gasteiger partial charge in [-0.25, -0.2) is 4.79 Å². The third-order valence-electron chi connectivity index (χ3n) is 5.78. The number of hydrogen-bond acceptors (Lipinski definition) is 8. The van der Waals surface area contributed by atoms with Gasteiger partial charge < -0.3 is 9.84 Å². The van der Waals surface area contributed by atoms with Crippen molar-refractivity contribution in [2.24, 2.45) is 0 Å². The molecular formula is C25H17N3O4S3. The third kappa shape index (κ3) is 4.52. The lowest BCUT2D eigenvalue weighted by Crippen LogP contribution is -2.17. The smallest absolute Gasteiger partial charge is 0.412 e. The molecule has 1 aliphatic rings. The van der Waals surface area contributed by atoms with Crippen LogP contribution in [-0.4, -0.2) is 21.5 Å². The van der Waals surface area contributed by atoms with Crippen molar-refractivity contribution < 1.29 is 19.4 Å². The molecule has 35 heavy (non-hydrogen) atoms. The summed E-state index contributed by atoms with van der Waals surface area (Å²) in [6, 6.07) is 13.5. The highest BCUT2D eigenvalue weighted by molar-refractivity contribution is 7.28. The van der Waals surface area contributed by atoms with Gasteiger partial charge in [0.05, 0.1) is 4.88 Å². The van der Waals surface area contributed by atoms with Crippen LogP contribution in [-0.2, 0) is 21.6 Å². The number of carbonyl (C=O) groups excluding carboxylic acids is 1. The molecule has 3 heterocycles. The largest absolute Gasteiger partial charge is 0.481 e. The number of aryl methyl sites for hydroxylation is 1. The number of nitriles is 1. The highest BCUT2D eigenvalue weighted by Crippen LogP contribution is 2.52. The van der Waals surface area contributed by atoms with E-state index >= 15 is 0 Å². The summed E-state index contributed by atoms with van der Waals surface area (Å²) in [5.74, 6) is 5.32. The number of ether oxygens (including phenoxy) is 1. The lowest BCUT2D eigenvalue weighted by molar-refractivity contribution is -0.139. The van der Waals surface area contributed by atoms with Crippen LogP contribution >= 0.6 is 34.2 Å². The maximum Gasteiger partial charge on any atom is 0.412 e. The first-order chi connectivity index (χ1) is 16.9. The van der Waals surface area contributed by atoms with Crippen LogP contribution in [0.2, 0.25) is 0 Å². The van der Waals surface area contributed by atoms with E-state index in [1.54, 1.807) is 0 Å². The Balaban J connectivity index is 1.32.